The van der Waals surface area contributed by atoms with Crippen molar-refractivity contribution in [2.75, 3.05) is 6.61 Å². The van der Waals surface area contributed by atoms with Crippen molar-refractivity contribution in [3.63, 3.8) is 0 Å². The van der Waals surface area contributed by atoms with Crippen LogP contribution in [0.4, 0.5) is 0 Å². The summed E-state index contributed by atoms with van der Waals surface area (Å²) in [4.78, 5) is 19.7. The average Bonchev–Trinajstić information content (AvgIpc) is 3.06. The van der Waals surface area contributed by atoms with Crippen LogP contribution in [0.2, 0.25) is 0 Å². The molecule has 1 amide bonds. The Hall–Kier alpha value is -2.82. The summed E-state index contributed by atoms with van der Waals surface area (Å²) in [6.45, 7) is 6.57. The molecule has 0 atom stereocenters. The van der Waals surface area contributed by atoms with Gasteiger partial charge in [-0.2, -0.15) is 4.98 Å². The number of hydrogen-bond donors (Lipinski definition) is 2. The molecular formula is C19H19N3O2. The fraction of sp³-hybridized carbons (Fsp3) is 0.263. The second-order valence-electron chi connectivity index (χ2n) is 6.52. The second-order valence-corrected chi connectivity index (χ2v) is 6.52. The Labute approximate surface area is 140 Å². The van der Waals surface area contributed by atoms with E-state index in [4.69, 9.17) is 4.74 Å². The van der Waals surface area contributed by atoms with Crippen LogP contribution in [0.25, 0.3) is 22.2 Å². The maximum Gasteiger partial charge on any atom is 0.252 e. The Bertz CT molecular complexity index is 956. The number of aromatic nitrogens is 2. The lowest BCUT2D eigenvalue weighted by molar-refractivity contribution is 0.0940. The summed E-state index contributed by atoms with van der Waals surface area (Å²) in [5.41, 5.74) is 4.35. The van der Waals surface area contributed by atoms with Crippen molar-refractivity contribution in [3.05, 3.63) is 47.7 Å². The first-order valence-corrected chi connectivity index (χ1v) is 8.08. The Kier molecular flexibility index (Phi) is 3.13. The number of nitrogens with one attached hydrogen (secondary N) is 2. The quantitative estimate of drug-likeness (QED) is 0.774. The number of fused-ring (bicyclic) bond motifs is 2. The summed E-state index contributed by atoms with van der Waals surface area (Å²) in [6.07, 6.45) is 1.95. The molecule has 3 heterocycles. The molecule has 5 nitrogen and oxygen atoms in total. The van der Waals surface area contributed by atoms with Gasteiger partial charge in [0, 0.05) is 28.8 Å². The van der Waals surface area contributed by atoms with Crippen LogP contribution in [0.5, 0.6) is 5.88 Å². The first-order valence-electron chi connectivity index (χ1n) is 8.08. The van der Waals surface area contributed by atoms with Gasteiger partial charge in [-0.3, -0.25) is 4.79 Å². The molecule has 2 aromatic heterocycles. The number of nitrogens with zero attached hydrogens (tertiary/aromatic N) is 1. The van der Waals surface area contributed by atoms with Crippen LogP contribution in [-0.4, -0.2) is 22.5 Å². The first kappa shape index (κ1) is 14.8. The maximum absolute atomic E-state index is 12.0. The van der Waals surface area contributed by atoms with Crippen LogP contribution in [0.15, 0.2) is 36.5 Å². The molecule has 3 aromatic rings. The van der Waals surface area contributed by atoms with E-state index in [-0.39, 0.29) is 11.4 Å². The number of carbonyl (C=O) groups is 1. The van der Waals surface area contributed by atoms with Gasteiger partial charge in [-0.15, -0.1) is 0 Å². The lowest BCUT2D eigenvalue weighted by Crippen LogP contribution is -2.32. The Morgan fingerprint density at radius 2 is 2.00 bits per heavy atom. The van der Waals surface area contributed by atoms with Crippen LogP contribution in [0.1, 0.15) is 36.7 Å². The fourth-order valence-electron chi connectivity index (χ4n) is 3.30. The van der Waals surface area contributed by atoms with Crippen molar-refractivity contribution in [2.24, 2.45) is 0 Å². The Morgan fingerprint density at radius 1 is 1.17 bits per heavy atom. The molecule has 1 aliphatic rings. The van der Waals surface area contributed by atoms with Gasteiger partial charge in [0.2, 0.25) is 5.88 Å². The molecule has 0 saturated heterocycles. The monoisotopic (exact) mass is 321 g/mol. The Morgan fingerprint density at radius 3 is 2.79 bits per heavy atom. The highest BCUT2D eigenvalue weighted by Gasteiger charge is 2.35. The lowest BCUT2D eigenvalue weighted by Gasteiger charge is -2.19. The van der Waals surface area contributed by atoms with E-state index in [1.807, 2.05) is 51.2 Å². The van der Waals surface area contributed by atoms with E-state index in [0.717, 1.165) is 33.3 Å². The van der Waals surface area contributed by atoms with Crippen molar-refractivity contribution >= 4 is 16.9 Å². The molecule has 0 saturated carbocycles. The minimum Gasteiger partial charge on any atom is -0.478 e. The summed E-state index contributed by atoms with van der Waals surface area (Å²) >= 11 is 0. The third-order valence-corrected chi connectivity index (χ3v) is 4.48. The minimum atomic E-state index is -0.352. The van der Waals surface area contributed by atoms with Crippen molar-refractivity contribution in [1.82, 2.24) is 15.3 Å². The van der Waals surface area contributed by atoms with Gasteiger partial charge in [-0.25, -0.2) is 0 Å². The number of rotatable bonds is 3. The first-order chi connectivity index (χ1) is 11.5. The summed E-state index contributed by atoms with van der Waals surface area (Å²) in [6, 6.07) is 9.87. The number of aromatic amines is 1. The van der Waals surface area contributed by atoms with Crippen LogP contribution < -0.4 is 10.1 Å². The number of H-pyrrole nitrogens is 1. The van der Waals surface area contributed by atoms with E-state index in [0.29, 0.717) is 12.5 Å². The van der Waals surface area contributed by atoms with Crippen molar-refractivity contribution in [1.29, 1.82) is 0 Å². The van der Waals surface area contributed by atoms with Crippen LogP contribution in [-0.2, 0) is 5.54 Å². The van der Waals surface area contributed by atoms with Crippen molar-refractivity contribution in [3.8, 4) is 17.0 Å². The fourth-order valence-corrected chi connectivity index (χ4v) is 3.30. The summed E-state index contributed by atoms with van der Waals surface area (Å²) in [5.74, 6) is 0.604. The Balaban J connectivity index is 1.83. The second kappa shape index (κ2) is 5.09. The van der Waals surface area contributed by atoms with E-state index >= 15 is 0 Å². The maximum atomic E-state index is 12.0. The van der Waals surface area contributed by atoms with Crippen LogP contribution >= 0.6 is 0 Å². The zero-order chi connectivity index (χ0) is 16.9. The molecule has 2 N–H and O–H groups in total. The number of hydrogen-bond acceptors (Lipinski definition) is 3. The minimum absolute atomic E-state index is 0.0106. The molecule has 0 fully saturated rings. The molecule has 24 heavy (non-hydrogen) atoms. The number of benzene rings is 1. The standard InChI is InChI=1S/C19H19N3O2/c1-4-24-16-8-7-12-14(10-20-17(12)21-16)11-5-6-13-15(9-11)19(2,3)22-18(13)23/h5-10H,4H2,1-3H3,(H,20,21)(H,22,23). The number of pyridine rings is 1. The SMILES string of the molecule is CCOc1ccc2c(-c3ccc4c(c3)C(C)(C)NC4=O)c[nH]c2n1. The van der Waals surface area contributed by atoms with E-state index in [9.17, 15) is 4.79 Å². The molecule has 0 unspecified atom stereocenters. The van der Waals surface area contributed by atoms with E-state index in [2.05, 4.69) is 21.4 Å². The third kappa shape index (κ3) is 2.16. The normalized spacial score (nSPS) is 15.4. The van der Waals surface area contributed by atoms with Gasteiger partial charge in [-0.05, 0) is 50.1 Å². The molecular weight excluding hydrogens is 302 g/mol. The number of carbonyl (C=O) groups excluding carboxylic acids is 1. The zero-order valence-electron chi connectivity index (χ0n) is 13.9. The summed E-state index contributed by atoms with van der Waals surface area (Å²) < 4.78 is 5.45. The number of amides is 1. The van der Waals surface area contributed by atoms with Crippen LogP contribution in [0.3, 0.4) is 0 Å². The molecule has 122 valence electrons. The smallest absolute Gasteiger partial charge is 0.252 e. The molecule has 1 aromatic carbocycles. The van der Waals surface area contributed by atoms with Gasteiger partial charge in [0.1, 0.15) is 5.65 Å². The topological polar surface area (TPSA) is 67.0 Å². The lowest BCUT2D eigenvalue weighted by atomic mass is 9.91. The number of ether oxygens (including phenoxy) is 1. The molecule has 4 rings (SSSR count). The largest absolute Gasteiger partial charge is 0.478 e. The zero-order valence-corrected chi connectivity index (χ0v) is 13.9. The van der Waals surface area contributed by atoms with Gasteiger partial charge in [0.25, 0.3) is 5.91 Å². The molecule has 0 aliphatic carbocycles. The average molecular weight is 321 g/mol. The highest BCUT2D eigenvalue weighted by molar-refractivity contribution is 6.01. The summed E-state index contributed by atoms with van der Waals surface area (Å²) in [5, 5.41) is 4.05. The van der Waals surface area contributed by atoms with E-state index < -0.39 is 0 Å². The summed E-state index contributed by atoms with van der Waals surface area (Å²) in [7, 11) is 0. The van der Waals surface area contributed by atoms with Gasteiger partial charge in [-0.1, -0.05) is 6.07 Å². The third-order valence-electron chi connectivity index (χ3n) is 4.48. The van der Waals surface area contributed by atoms with Crippen molar-refractivity contribution < 1.29 is 9.53 Å². The predicted molar refractivity (Wildman–Crippen MR) is 93.2 cm³/mol. The van der Waals surface area contributed by atoms with E-state index in [1.54, 1.807) is 0 Å². The van der Waals surface area contributed by atoms with Crippen LogP contribution in [0, 0.1) is 0 Å². The molecule has 0 radical (unpaired) electrons. The molecule has 0 spiro atoms. The van der Waals surface area contributed by atoms with E-state index in [1.165, 1.54) is 0 Å². The molecule has 0 bridgehead atoms. The van der Waals surface area contributed by atoms with Gasteiger partial charge >= 0.3 is 0 Å². The van der Waals surface area contributed by atoms with Crippen molar-refractivity contribution in [2.45, 2.75) is 26.3 Å². The van der Waals surface area contributed by atoms with Gasteiger partial charge in [0.05, 0.1) is 12.1 Å². The molecule has 5 heteroatoms. The predicted octanol–water partition coefficient (Wildman–Crippen LogP) is 3.61. The highest BCUT2D eigenvalue weighted by atomic mass is 16.5. The van der Waals surface area contributed by atoms with Gasteiger partial charge in [0.15, 0.2) is 0 Å². The van der Waals surface area contributed by atoms with Gasteiger partial charge < -0.3 is 15.0 Å². The highest BCUT2D eigenvalue weighted by Crippen LogP contribution is 2.36. The molecule has 1 aliphatic heterocycles.